The molecule has 0 saturated heterocycles. The zero-order valence-corrected chi connectivity index (χ0v) is 27.1. The van der Waals surface area contributed by atoms with Crippen molar-refractivity contribution < 1.29 is 39.5 Å². The van der Waals surface area contributed by atoms with Crippen molar-refractivity contribution in [2.75, 3.05) is 0 Å². The van der Waals surface area contributed by atoms with Crippen LogP contribution in [0.1, 0.15) is 27.8 Å². The van der Waals surface area contributed by atoms with E-state index in [1.807, 2.05) is 6.07 Å². The molecule has 264 valence electrons. The van der Waals surface area contributed by atoms with Crippen LogP contribution in [0.25, 0.3) is 66.1 Å². The number of pyridine rings is 1. The lowest BCUT2D eigenvalue weighted by Crippen LogP contribution is -2.08. The molecule has 0 aliphatic rings. The second-order valence-electron chi connectivity index (χ2n) is 12.6. The van der Waals surface area contributed by atoms with Crippen LogP contribution in [-0.4, -0.2) is 14.1 Å². The van der Waals surface area contributed by atoms with E-state index in [1.54, 1.807) is 41.8 Å². The summed E-state index contributed by atoms with van der Waals surface area (Å²) in [5.74, 6) is 0. The predicted molar refractivity (Wildman–Crippen MR) is 183 cm³/mol. The van der Waals surface area contributed by atoms with Crippen LogP contribution < -0.4 is 0 Å². The van der Waals surface area contributed by atoms with Crippen LogP contribution in [0.4, 0.5) is 39.5 Å². The third kappa shape index (κ3) is 5.53. The largest absolute Gasteiger partial charge is 0.416 e. The van der Waals surface area contributed by atoms with Crippen LogP contribution in [0.2, 0.25) is 0 Å². The van der Waals surface area contributed by atoms with Crippen molar-refractivity contribution in [2.24, 2.45) is 0 Å². The molecule has 5 aromatic carbocycles. The van der Waals surface area contributed by atoms with Crippen LogP contribution in [0.3, 0.4) is 0 Å². The van der Waals surface area contributed by atoms with Gasteiger partial charge in [-0.2, -0.15) is 44.8 Å². The van der Waals surface area contributed by atoms with Crippen molar-refractivity contribution in [1.29, 1.82) is 5.26 Å². The second kappa shape index (κ2) is 11.6. The van der Waals surface area contributed by atoms with E-state index < -0.39 is 35.2 Å². The summed E-state index contributed by atoms with van der Waals surface area (Å²) >= 11 is 0. The van der Waals surface area contributed by atoms with E-state index in [0.29, 0.717) is 21.9 Å². The van der Waals surface area contributed by atoms with E-state index in [9.17, 15) is 44.8 Å². The van der Waals surface area contributed by atoms with Gasteiger partial charge in [0.1, 0.15) is 0 Å². The summed E-state index contributed by atoms with van der Waals surface area (Å²) in [6.45, 7) is 1.79. The number of rotatable bonds is 3. The molecule has 0 saturated carbocycles. The monoisotopic (exact) mass is 728 g/mol. The quantitative estimate of drug-likeness (QED) is 0.170. The van der Waals surface area contributed by atoms with Crippen LogP contribution in [0, 0.1) is 18.3 Å². The number of aromatic nitrogens is 3. The van der Waals surface area contributed by atoms with Crippen LogP contribution in [-0.2, 0) is 18.5 Å². The lowest BCUT2D eigenvalue weighted by molar-refractivity contribution is -0.138. The summed E-state index contributed by atoms with van der Waals surface area (Å²) < 4.78 is 130. The lowest BCUT2D eigenvalue weighted by atomic mass is 10.0. The zero-order valence-electron chi connectivity index (χ0n) is 27.1. The zero-order chi connectivity index (χ0) is 37.6. The van der Waals surface area contributed by atoms with Gasteiger partial charge >= 0.3 is 18.5 Å². The molecule has 3 aromatic heterocycles. The Morgan fingerprint density at radius 2 is 0.943 bits per heavy atom. The first-order valence-electron chi connectivity index (χ1n) is 15.9. The summed E-state index contributed by atoms with van der Waals surface area (Å²) in [4.78, 5) is 4.42. The highest BCUT2D eigenvalue weighted by Gasteiger charge is 2.35. The minimum atomic E-state index is -4.81. The summed E-state index contributed by atoms with van der Waals surface area (Å²) in [6, 6.07) is 22.5. The van der Waals surface area contributed by atoms with E-state index in [-0.39, 0.29) is 49.8 Å². The van der Waals surface area contributed by atoms with Crippen molar-refractivity contribution in [3.05, 3.63) is 137 Å². The van der Waals surface area contributed by atoms with E-state index in [4.69, 9.17) is 0 Å². The minimum Gasteiger partial charge on any atom is -0.307 e. The number of alkyl halides is 9. The molecule has 53 heavy (non-hydrogen) atoms. The van der Waals surface area contributed by atoms with Gasteiger partial charge < -0.3 is 9.13 Å². The fourth-order valence-electron chi connectivity index (χ4n) is 7.01. The molecule has 0 radical (unpaired) electrons. The molecule has 13 heteroatoms. The summed E-state index contributed by atoms with van der Waals surface area (Å²) in [5, 5.41) is 11.3. The average molecular weight is 729 g/mol. The van der Waals surface area contributed by atoms with Gasteiger partial charge in [-0.3, -0.25) is 4.98 Å². The summed E-state index contributed by atoms with van der Waals surface area (Å²) in [5.41, 5.74) is -1.04. The highest BCUT2D eigenvalue weighted by Crippen LogP contribution is 2.45. The molecular weight excluding hydrogens is 707 g/mol. The topological polar surface area (TPSA) is 46.5 Å². The SMILES string of the molecule is Cc1ccc2c3ccc(C(F)(F)F)cc3n(-c3cncc(-n4c5cc(C(F)(F)F)ccc5c5ccc(C(F)(F)F)cc54)c3-c3cccc(C#N)c3)c2c1. The second-order valence-corrected chi connectivity index (χ2v) is 12.6. The number of aryl methyl sites for hydroxylation is 1. The molecule has 0 bridgehead atoms. The number of nitriles is 1. The average Bonchev–Trinajstić information content (AvgIpc) is 3.61. The minimum absolute atomic E-state index is 0.0193. The number of hydrogen-bond donors (Lipinski definition) is 0. The van der Waals surface area contributed by atoms with Gasteiger partial charge in [0.05, 0.1) is 74.2 Å². The maximum Gasteiger partial charge on any atom is 0.416 e. The van der Waals surface area contributed by atoms with Crippen LogP contribution >= 0.6 is 0 Å². The summed E-state index contributed by atoms with van der Waals surface area (Å²) in [7, 11) is 0. The first kappa shape index (κ1) is 33.8. The van der Waals surface area contributed by atoms with Crippen molar-refractivity contribution in [2.45, 2.75) is 25.5 Å². The summed E-state index contributed by atoms with van der Waals surface area (Å²) in [6.07, 6.45) is -11.7. The Labute approximate surface area is 293 Å². The van der Waals surface area contributed by atoms with E-state index in [1.165, 1.54) is 47.3 Å². The fourth-order valence-corrected chi connectivity index (χ4v) is 7.01. The number of benzene rings is 5. The van der Waals surface area contributed by atoms with Gasteiger partial charge in [-0.05, 0) is 72.6 Å². The van der Waals surface area contributed by atoms with Gasteiger partial charge in [-0.15, -0.1) is 0 Å². The highest BCUT2D eigenvalue weighted by atomic mass is 19.4. The Kier molecular flexibility index (Phi) is 7.41. The Bertz CT molecular complexity index is 2760. The molecular formula is C40H21F9N4. The number of fused-ring (bicyclic) bond motifs is 6. The third-order valence-corrected chi connectivity index (χ3v) is 9.34. The van der Waals surface area contributed by atoms with Crippen LogP contribution in [0.5, 0.6) is 0 Å². The Morgan fingerprint density at radius 1 is 0.528 bits per heavy atom. The van der Waals surface area contributed by atoms with Crippen molar-refractivity contribution in [3.63, 3.8) is 0 Å². The van der Waals surface area contributed by atoms with Crippen LogP contribution in [0.15, 0.2) is 109 Å². The van der Waals surface area contributed by atoms with E-state index in [0.717, 1.165) is 42.0 Å². The van der Waals surface area contributed by atoms with Crippen molar-refractivity contribution in [3.8, 4) is 28.6 Å². The molecule has 0 aliphatic heterocycles. The maximum absolute atomic E-state index is 14.2. The van der Waals surface area contributed by atoms with Gasteiger partial charge in [-0.1, -0.05) is 42.5 Å². The third-order valence-electron chi connectivity index (χ3n) is 9.34. The number of hydrogen-bond acceptors (Lipinski definition) is 2. The maximum atomic E-state index is 14.2. The molecule has 0 unspecified atom stereocenters. The Hall–Kier alpha value is -6.29. The van der Waals surface area contributed by atoms with Crippen molar-refractivity contribution >= 4 is 43.6 Å². The fraction of sp³-hybridized carbons (Fsp3) is 0.100. The predicted octanol–water partition coefficient (Wildman–Crippen LogP) is 12.2. The molecule has 0 aliphatic carbocycles. The molecule has 0 N–H and O–H groups in total. The lowest BCUT2D eigenvalue weighted by Gasteiger charge is -2.20. The van der Waals surface area contributed by atoms with Gasteiger partial charge in [0.2, 0.25) is 0 Å². The normalized spacial score (nSPS) is 12.7. The molecule has 4 nitrogen and oxygen atoms in total. The first-order valence-corrected chi connectivity index (χ1v) is 15.9. The standard InChI is InChI=1S/C40H21F9N4/c1-21-5-9-27-28-10-6-24(38(41,42)43)15-32(28)52(31(27)13-21)35-19-51-20-36(37(35)23-4-2-3-22(14-23)18-50)53-33-16-25(39(44,45)46)7-11-29(33)30-12-8-26(17-34(30)53)40(47,48)49/h2-17,19-20H,1H3. The number of halogens is 9. The smallest absolute Gasteiger partial charge is 0.307 e. The molecule has 0 fully saturated rings. The number of nitrogens with zero attached hydrogens (tertiary/aromatic N) is 4. The van der Waals surface area contributed by atoms with Crippen molar-refractivity contribution in [1.82, 2.24) is 14.1 Å². The van der Waals surface area contributed by atoms with Gasteiger partial charge in [0.15, 0.2) is 0 Å². The van der Waals surface area contributed by atoms with E-state index >= 15 is 0 Å². The first-order chi connectivity index (χ1) is 25.0. The van der Waals surface area contributed by atoms with Gasteiger partial charge in [-0.25, -0.2) is 0 Å². The molecule has 8 aromatic rings. The highest BCUT2D eigenvalue weighted by molar-refractivity contribution is 6.12. The Morgan fingerprint density at radius 3 is 1.36 bits per heavy atom. The molecule has 8 rings (SSSR count). The van der Waals surface area contributed by atoms with Gasteiger partial charge in [0.25, 0.3) is 0 Å². The molecule has 0 atom stereocenters. The van der Waals surface area contributed by atoms with E-state index in [2.05, 4.69) is 4.98 Å². The molecule has 3 heterocycles. The Balaban J connectivity index is 1.59. The molecule has 0 amide bonds. The molecule has 0 spiro atoms. The van der Waals surface area contributed by atoms with Gasteiger partial charge in [0, 0.05) is 27.1 Å².